The normalized spacial score (nSPS) is 26.8. The Morgan fingerprint density at radius 3 is 2.88 bits per heavy atom. The average Bonchev–Trinajstić information content (AvgIpc) is 2.29. The van der Waals surface area contributed by atoms with Gasteiger partial charge in [-0.25, -0.2) is 0 Å². The summed E-state index contributed by atoms with van der Waals surface area (Å²) in [5, 5.41) is 14.4. The number of rotatable bonds is 3. The fraction of sp³-hybridized carbons (Fsp3) is 0.571. The lowest BCUT2D eigenvalue weighted by molar-refractivity contribution is 0.139. The van der Waals surface area contributed by atoms with Gasteiger partial charge >= 0.3 is 0 Å². The van der Waals surface area contributed by atoms with Crippen molar-refractivity contribution in [3.63, 3.8) is 0 Å². The summed E-state index contributed by atoms with van der Waals surface area (Å²) in [5.41, 5.74) is 0.842. The summed E-state index contributed by atoms with van der Waals surface area (Å²) in [4.78, 5) is 0. The van der Waals surface area contributed by atoms with E-state index in [1.165, 1.54) is 12.8 Å². The van der Waals surface area contributed by atoms with E-state index in [1.807, 2.05) is 24.3 Å². The first-order valence-corrected chi connectivity index (χ1v) is 6.73. The zero-order valence-electron chi connectivity index (χ0n) is 10.2. The Bertz CT molecular complexity index is 369. The quantitative estimate of drug-likeness (QED) is 0.867. The molecule has 0 radical (unpaired) electrons. The second-order valence-electron chi connectivity index (χ2n) is 4.97. The predicted octanol–water partition coefficient (Wildman–Crippen LogP) is 3.29. The van der Waals surface area contributed by atoms with E-state index in [4.69, 9.17) is 11.6 Å². The number of hydrogen-bond donors (Lipinski definition) is 2. The van der Waals surface area contributed by atoms with Gasteiger partial charge in [0.05, 0.1) is 6.10 Å². The molecule has 1 aliphatic heterocycles. The summed E-state index contributed by atoms with van der Waals surface area (Å²) in [5.74, 6) is 0. The van der Waals surface area contributed by atoms with Crippen molar-refractivity contribution in [2.45, 2.75) is 50.8 Å². The average molecular weight is 254 g/mol. The molecule has 3 heteroatoms. The van der Waals surface area contributed by atoms with E-state index in [1.54, 1.807) is 0 Å². The lowest BCUT2D eigenvalue weighted by Crippen LogP contribution is -2.41. The number of halogens is 1. The third-order valence-corrected chi connectivity index (χ3v) is 3.83. The minimum absolute atomic E-state index is 0.407. The molecule has 3 atom stereocenters. The molecule has 0 aromatic heterocycles. The van der Waals surface area contributed by atoms with Crippen LogP contribution in [0.15, 0.2) is 24.3 Å². The van der Waals surface area contributed by atoms with Crippen LogP contribution in [0.4, 0.5) is 0 Å². The number of aliphatic hydroxyl groups excluding tert-OH is 1. The van der Waals surface area contributed by atoms with Gasteiger partial charge in [0.25, 0.3) is 0 Å². The maximum Gasteiger partial charge on any atom is 0.0819 e. The van der Waals surface area contributed by atoms with Gasteiger partial charge in [-0.2, -0.15) is 0 Å². The third-order valence-electron chi connectivity index (χ3n) is 3.48. The summed E-state index contributed by atoms with van der Waals surface area (Å²) in [6, 6.07) is 8.51. The highest BCUT2D eigenvalue weighted by atomic mass is 35.5. The van der Waals surface area contributed by atoms with E-state index >= 15 is 0 Å². The molecule has 3 unspecified atom stereocenters. The second-order valence-corrected chi connectivity index (χ2v) is 5.38. The molecule has 1 fully saturated rings. The van der Waals surface area contributed by atoms with Gasteiger partial charge < -0.3 is 10.4 Å². The topological polar surface area (TPSA) is 32.3 Å². The monoisotopic (exact) mass is 253 g/mol. The van der Waals surface area contributed by atoms with Gasteiger partial charge in [0.15, 0.2) is 0 Å². The molecule has 94 valence electrons. The third kappa shape index (κ3) is 3.44. The zero-order valence-corrected chi connectivity index (χ0v) is 11.0. The molecule has 2 nitrogen and oxygen atoms in total. The predicted molar refractivity (Wildman–Crippen MR) is 71.3 cm³/mol. The van der Waals surface area contributed by atoms with Crippen molar-refractivity contribution in [2.24, 2.45) is 0 Å². The van der Waals surface area contributed by atoms with Crippen molar-refractivity contribution in [1.82, 2.24) is 5.32 Å². The highest BCUT2D eigenvalue weighted by Crippen LogP contribution is 2.28. The van der Waals surface area contributed by atoms with Gasteiger partial charge in [0.1, 0.15) is 0 Å². The molecule has 0 saturated carbocycles. The van der Waals surface area contributed by atoms with E-state index in [9.17, 15) is 5.11 Å². The molecule has 0 spiro atoms. The van der Waals surface area contributed by atoms with E-state index in [0.29, 0.717) is 17.1 Å². The van der Waals surface area contributed by atoms with E-state index in [-0.39, 0.29) is 0 Å². The molecular weight excluding hydrogens is 234 g/mol. The molecule has 1 saturated heterocycles. The molecule has 1 aromatic carbocycles. The Hall–Kier alpha value is -0.570. The van der Waals surface area contributed by atoms with Crippen LogP contribution in [-0.2, 0) is 0 Å². The minimum Gasteiger partial charge on any atom is -0.388 e. The highest BCUT2D eigenvalue weighted by Gasteiger charge is 2.22. The standard InChI is InChI=1S/C14H20ClNO/c1-10-5-4-6-11(16-10)9-14(17)12-7-2-3-8-13(12)15/h2-3,7-8,10-11,14,16-17H,4-6,9H2,1H3. The van der Waals surface area contributed by atoms with Crippen LogP contribution in [0.2, 0.25) is 5.02 Å². The number of piperidine rings is 1. The maximum atomic E-state index is 10.2. The Morgan fingerprint density at radius 1 is 1.41 bits per heavy atom. The minimum atomic E-state index is -0.466. The van der Waals surface area contributed by atoms with Crippen molar-refractivity contribution in [1.29, 1.82) is 0 Å². The van der Waals surface area contributed by atoms with Gasteiger partial charge in [-0.15, -0.1) is 0 Å². The number of benzene rings is 1. The van der Waals surface area contributed by atoms with Crippen molar-refractivity contribution >= 4 is 11.6 Å². The number of hydrogen-bond acceptors (Lipinski definition) is 2. The SMILES string of the molecule is CC1CCCC(CC(O)c2ccccc2Cl)N1. The van der Waals surface area contributed by atoms with Crippen molar-refractivity contribution < 1.29 is 5.11 Å². The van der Waals surface area contributed by atoms with Crippen molar-refractivity contribution in [3.05, 3.63) is 34.9 Å². The van der Waals surface area contributed by atoms with Crippen LogP contribution in [0.25, 0.3) is 0 Å². The van der Waals surface area contributed by atoms with E-state index in [2.05, 4.69) is 12.2 Å². The molecule has 0 amide bonds. The highest BCUT2D eigenvalue weighted by molar-refractivity contribution is 6.31. The van der Waals surface area contributed by atoms with Gasteiger partial charge in [-0.3, -0.25) is 0 Å². The fourth-order valence-corrected chi connectivity index (χ4v) is 2.83. The van der Waals surface area contributed by atoms with Gasteiger partial charge in [-0.05, 0) is 37.8 Å². The molecule has 17 heavy (non-hydrogen) atoms. The molecule has 1 heterocycles. The molecule has 1 aliphatic rings. The van der Waals surface area contributed by atoms with Crippen LogP contribution in [0.3, 0.4) is 0 Å². The van der Waals surface area contributed by atoms with Gasteiger partial charge in [0.2, 0.25) is 0 Å². The first kappa shape index (κ1) is 12.9. The van der Waals surface area contributed by atoms with Gasteiger partial charge in [-0.1, -0.05) is 36.2 Å². The fourth-order valence-electron chi connectivity index (χ4n) is 2.57. The summed E-state index contributed by atoms with van der Waals surface area (Å²) in [6.45, 7) is 2.20. The molecule has 2 rings (SSSR count). The number of nitrogens with one attached hydrogen (secondary N) is 1. The second kappa shape index (κ2) is 5.85. The largest absolute Gasteiger partial charge is 0.388 e. The Balaban J connectivity index is 1.97. The van der Waals surface area contributed by atoms with E-state index < -0.39 is 6.10 Å². The summed E-state index contributed by atoms with van der Waals surface area (Å²) >= 11 is 6.09. The summed E-state index contributed by atoms with van der Waals surface area (Å²) < 4.78 is 0. The first-order valence-electron chi connectivity index (χ1n) is 6.35. The first-order chi connectivity index (χ1) is 8.16. The lowest BCUT2D eigenvalue weighted by atomic mass is 9.93. The summed E-state index contributed by atoms with van der Waals surface area (Å²) in [6.07, 6.45) is 3.90. The molecule has 2 N–H and O–H groups in total. The Kier molecular flexibility index (Phi) is 4.43. The van der Waals surface area contributed by atoms with Crippen LogP contribution in [0.1, 0.15) is 44.3 Å². The maximum absolute atomic E-state index is 10.2. The smallest absolute Gasteiger partial charge is 0.0819 e. The molecular formula is C14H20ClNO. The lowest BCUT2D eigenvalue weighted by Gasteiger charge is -2.30. The number of aliphatic hydroxyl groups is 1. The van der Waals surface area contributed by atoms with Crippen LogP contribution in [-0.4, -0.2) is 17.2 Å². The van der Waals surface area contributed by atoms with Crippen molar-refractivity contribution in [3.8, 4) is 0 Å². The molecule has 0 aliphatic carbocycles. The van der Waals surface area contributed by atoms with Crippen LogP contribution in [0.5, 0.6) is 0 Å². The van der Waals surface area contributed by atoms with Crippen molar-refractivity contribution in [2.75, 3.05) is 0 Å². The summed E-state index contributed by atoms with van der Waals surface area (Å²) in [7, 11) is 0. The molecule has 0 bridgehead atoms. The van der Waals surface area contributed by atoms with E-state index in [0.717, 1.165) is 18.4 Å². The molecule has 1 aromatic rings. The van der Waals surface area contributed by atoms with Crippen LogP contribution < -0.4 is 5.32 Å². The van der Waals surface area contributed by atoms with Gasteiger partial charge in [0, 0.05) is 17.1 Å². The van der Waals surface area contributed by atoms with Crippen LogP contribution >= 0.6 is 11.6 Å². The van der Waals surface area contributed by atoms with Crippen LogP contribution in [0, 0.1) is 0 Å². The Labute approximate surface area is 108 Å². The Morgan fingerprint density at radius 2 is 2.18 bits per heavy atom. The zero-order chi connectivity index (χ0) is 12.3.